The molecule has 0 radical (unpaired) electrons. The molecule has 2 atom stereocenters. The number of amides is 2. The third kappa shape index (κ3) is 6.27. The van der Waals surface area contributed by atoms with Gasteiger partial charge in [0.15, 0.2) is 0 Å². The third-order valence-corrected chi connectivity index (χ3v) is 6.83. The molecule has 1 heterocycles. The lowest BCUT2D eigenvalue weighted by Gasteiger charge is -2.34. The molecule has 1 saturated carbocycles. The van der Waals surface area contributed by atoms with Crippen molar-refractivity contribution in [3.63, 3.8) is 0 Å². The van der Waals surface area contributed by atoms with Crippen LogP contribution in [-0.2, 0) is 26.3 Å². The van der Waals surface area contributed by atoms with E-state index in [1.807, 2.05) is 0 Å². The molecule has 32 heavy (non-hydrogen) atoms. The van der Waals surface area contributed by atoms with Gasteiger partial charge in [0.1, 0.15) is 17.9 Å². The summed E-state index contributed by atoms with van der Waals surface area (Å²) in [7, 11) is -4.06. The highest BCUT2D eigenvalue weighted by atomic mass is 32.2. The Bertz CT molecular complexity index is 944. The van der Waals surface area contributed by atoms with Crippen LogP contribution in [0.4, 0.5) is 0 Å². The Balaban J connectivity index is 1.66. The number of carbonyl (C=O) groups is 2. The van der Waals surface area contributed by atoms with Gasteiger partial charge in [-0.2, -0.15) is 13.1 Å². The van der Waals surface area contributed by atoms with Crippen LogP contribution < -0.4 is 20.9 Å². The zero-order chi connectivity index (χ0) is 23.3. The second kappa shape index (κ2) is 10.4. The predicted molar refractivity (Wildman–Crippen MR) is 121 cm³/mol. The molecule has 3 rings (SSSR count). The highest BCUT2D eigenvalue weighted by molar-refractivity contribution is 7.87. The second-order valence-corrected chi connectivity index (χ2v) is 9.88. The first-order valence-corrected chi connectivity index (χ1v) is 12.5. The monoisotopic (exact) mass is 464 g/mol. The van der Waals surface area contributed by atoms with E-state index in [1.54, 1.807) is 24.3 Å². The lowest BCUT2D eigenvalue weighted by Crippen LogP contribution is -2.57. The first-order valence-electron chi connectivity index (χ1n) is 11.0. The number of likely N-dealkylation sites (tertiary alicyclic amines) is 1. The fourth-order valence-electron chi connectivity index (χ4n) is 4.58. The molecule has 1 saturated heterocycles. The van der Waals surface area contributed by atoms with Crippen LogP contribution in [0.3, 0.4) is 0 Å². The van der Waals surface area contributed by atoms with Gasteiger partial charge in [0.2, 0.25) is 11.8 Å². The van der Waals surface area contributed by atoms with Gasteiger partial charge < -0.3 is 16.0 Å². The molecule has 1 aromatic rings. The van der Waals surface area contributed by atoms with Gasteiger partial charge in [-0.1, -0.05) is 43.5 Å². The summed E-state index contributed by atoms with van der Waals surface area (Å²) >= 11 is 0. The summed E-state index contributed by atoms with van der Waals surface area (Å²) in [4.78, 5) is 27.7. The molecule has 0 aromatic heterocycles. The molecule has 2 fully saturated rings. The van der Waals surface area contributed by atoms with Crippen LogP contribution in [0.2, 0.25) is 0 Å². The third-order valence-electron chi connectivity index (χ3n) is 6.25. The SMILES string of the molecule is N=C(N)c1ccc(CNC(=O)[C@@H]2CCCN2C(=O)[C@H](NS(N)(=O)=O)C2CCCCC2)cc1. The summed E-state index contributed by atoms with van der Waals surface area (Å²) in [6.07, 6.45) is 5.63. The van der Waals surface area contributed by atoms with Crippen molar-refractivity contribution in [3.8, 4) is 0 Å². The summed E-state index contributed by atoms with van der Waals surface area (Å²) in [5.41, 5.74) is 6.90. The van der Waals surface area contributed by atoms with Gasteiger partial charge in [0.25, 0.3) is 10.2 Å². The normalized spacial score (nSPS) is 20.7. The van der Waals surface area contributed by atoms with Gasteiger partial charge >= 0.3 is 0 Å². The maximum absolute atomic E-state index is 13.3. The lowest BCUT2D eigenvalue weighted by molar-refractivity contribution is -0.141. The number of amidine groups is 1. The van der Waals surface area contributed by atoms with Crippen molar-refractivity contribution < 1.29 is 18.0 Å². The average Bonchev–Trinajstić information content (AvgIpc) is 3.26. The average molecular weight is 465 g/mol. The largest absolute Gasteiger partial charge is 0.384 e. The molecule has 1 aromatic carbocycles. The fraction of sp³-hybridized carbons (Fsp3) is 0.571. The van der Waals surface area contributed by atoms with Crippen LogP contribution in [0.1, 0.15) is 56.1 Å². The number of nitrogens with two attached hydrogens (primary N) is 2. The summed E-state index contributed by atoms with van der Waals surface area (Å²) in [6, 6.07) is 5.39. The zero-order valence-electron chi connectivity index (χ0n) is 18.0. The van der Waals surface area contributed by atoms with Gasteiger partial charge in [-0.15, -0.1) is 0 Å². The van der Waals surface area contributed by atoms with E-state index in [0.29, 0.717) is 24.9 Å². The van der Waals surface area contributed by atoms with Crippen molar-refractivity contribution in [3.05, 3.63) is 35.4 Å². The first-order chi connectivity index (χ1) is 15.2. The van der Waals surface area contributed by atoms with E-state index in [0.717, 1.165) is 37.7 Å². The van der Waals surface area contributed by atoms with Crippen LogP contribution >= 0.6 is 0 Å². The van der Waals surface area contributed by atoms with E-state index in [9.17, 15) is 18.0 Å². The summed E-state index contributed by atoms with van der Waals surface area (Å²) in [5.74, 6) is -0.807. The topological polar surface area (TPSA) is 171 Å². The van der Waals surface area contributed by atoms with Gasteiger partial charge in [-0.25, -0.2) is 5.14 Å². The number of rotatable bonds is 8. The molecular formula is C21H32N6O4S. The van der Waals surface area contributed by atoms with Crippen molar-refractivity contribution in [2.75, 3.05) is 6.54 Å². The Labute approximate surface area is 188 Å². The molecule has 176 valence electrons. The maximum Gasteiger partial charge on any atom is 0.275 e. The van der Waals surface area contributed by atoms with Crippen molar-refractivity contribution >= 4 is 27.9 Å². The fourth-order valence-corrected chi connectivity index (χ4v) is 5.23. The van der Waals surface area contributed by atoms with Crippen LogP contribution in [-0.4, -0.2) is 49.6 Å². The maximum atomic E-state index is 13.3. The first kappa shape index (κ1) is 24.1. The van der Waals surface area contributed by atoms with E-state index in [2.05, 4.69) is 10.0 Å². The van der Waals surface area contributed by atoms with Crippen molar-refractivity contribution in [2.24, 2.45) is 16.8 Å². The Kier molecular flexibility index (Phi) is 7.86. The van der Waals surface area contributed by atoms with Gasteiger partial charge in [-0.05, 0) is 37.2 Å². The number of nitrogens with one attached hydrogen (secondary N) is 3. The minimum atomic E-state index is -4.06. The Morgan fingerprint density at radius 2 is 1.75 bits per heavy atom. The lowest BCUT2D eigenvalue weighted by atomic mass is 9.83. The highest BCUT2D eigenvalue weighted by Crippen LogP contribution is 2.29. The molecule has 1 aliphatic carbocycles. The van der Waals surface area contributed by atoms with Gasteiger partial charge in [0.05, 0.1) is 0 Å². The van der Waals surface area contributed by atoms with Gasteiger partial charge in [0, 0.05) is 18.7 Å². The number of hydrogen-bond acceptors (Lipinski definition) is 5. The Morgan fingerprint density at radius 3 is 2.34 bits per heavy atom. The second-order valence-electron chi connectivity index (χ2n) is 8.56. The number of nitrogens with zero attached hydrogens (tertiary/aromatic N) is 1. The molecule has 1 aliphatic heterocycles. The standard InChI is InChI=1S/C21H32N6O4S/c22-19(23)16-10-8-14(9-11-16)13-25-20(28)17-7-4-12-27(17)21(29)18(26-32(24,30)31)15-5-2-1-3-6-15/h8-11,15,17-18,26H,1-7,12-13H2,(H3,22,23)(H,25,28)(H2,24,30,31)/t17-,18+/m0/s1. The Hall–Kier alpha value is -2.50. The molecule has 7 N–H and O–H groups in total. The Morgan fingerprint density at radius 1 is 1.09 bits per heavy atom. The minimum absolute atomic E-state index is 0.0266. The summed E-state index contributed by atoms with van der Waals surface area (Å²) < 4.78 is 25.8. The highest BCUT2D eigenvalue weighted by Gasteiger charge is 2.41. The molecule has 0 unspecified atom stereocenters. The minimum Gasteiger partial charge on any atom is -0.384 e. The number of carbonyl (C=O) groups excluding carboxylic acids is 2. The van der Waals surface area contributed by atoms with Crippen LogP contribution in [0.25, 0.3) is 0 Å². The number of hydrogen-bond donors (Lipinski definition) is 5. The summed E-state index contributed by atoms with van der Waals surface area (Å²) in [5, 5.41) is 15.5. The van der Waals surface area contributed by atoms with E-state index >= 15 is 0 Å². The zero-order valence-corrected chi connectivity index (χ0v) is 18.9. The molecule has 0 bridgehead atoms. The van der Waals surface area contributed by atoms with Gasteiger partial charge in [-0.3, -0.25) is 15.0 Å². The molecule has 0 spiro atoms. The van der Waals surface area contributed by atoms with E-state index in [-0.39, 0.29) is 30.1 Å². The van der Waals surface area contributed by atoms with Crippen molar-refractivity contribution in [2.45, 2.75) is 63.6 Å². The summed E-state index contributed by atoms with van der Waals surface area (Å²) in [6.45, 7) is 0.677. The van der Waals surface area contributed by atoms with Crippen LogP contribution in [0.15, 0.2) is 24.3 Å². The molecule has 2 amide bonds. The van der Waals surface area contributed by atoms with E-state index in [4.69, 9.17) is 16.3 Å². The smallest absolute Gasteiger partial charge is 0.275 e. The van der Waals surface area contributed by atoms with Crippen LogP contribution in [0, 0.1) is 11.3 Å². The molecular weight excluding hydrogens is 432 g/mol. The molecule has 2 aliphatic rings. The van der Waals surface area contributed by atoms with Crippen LogP contribution in [0.5, 0.6) is 0 Å². The number of benzene rings is 1. The molecule has 10 nitrogen and oxygen atoms in total. The van der Waals surface area contributed by atoms with E-state index in [1.165, 1.54) is 4.90 Å². The van der Waals surface area contributed by atoms with E-state index < -0.39 is 22.3 Å². The van der Waals surface area contributed by atoms with Crippen molar-refractivity contribution in [1.82, 2.24) is 14.9 Å². The molecule has 11 heteroatoms. The predicted octanol–water partition coefficient (Wildman–Crippen LogP) is 0.320. The number of nitrogen functional groups attached to an aromatic ring is 1. The quantitative estimate of drug-likeness (QED) is 0.275. The van der Waals surface area contributed by atoms with Crippen molar-refractivity contribution in [1.29, 1.82) is 5.41 Å².